The maximum Gasteiger partial charge on any atom is 0.305 e. The topological polar surface area (TPSA) is 69.6 Å². The van der Waals surface area contributed by atoms with E-state index in [1.807, 2.05) is 11.8 Å². The largest absolute Gasteiger partial charge is 0.481 e. The minimum Gasteiger partial charge on any atom is -0.481 e. The van der Waals surface area contributed by atoms with Crippen LogP contribution in [0.1, 0.15) is 26.2 Å². The van der Waals surface area contributed by atoms with Gasteiger partial charge in [-0.3, -0.25) is 14.5 Å². The van der Waals surface area contributed by atoms with Gasteiger partial charge >= 0.3 is 5.97 Å². The van der Waals surface area contributed by atoms with Crippen LogP contribution in [0, 0.1) is 0 Å². The average Bonchev–Trinajstić information content (AvgIpc) is 2.32. The molecular formula is C12H20N2O3S. The van der Waals surface area contributed by atoms with Gasteiger partial charge in [0.05, 0.1) is 12.5 Å². The Bertz CT molecular complexity index is 337. The highest BCUT2D eigenvalue weighted by atomic mass is 32.2. The van der Waals surface area contributed by atoms with Gasteiger partial charge in [0.25, 0.3) is 0 Å². The van der Waals surface area contributed by atoms with Crippen LogP contribution in [0.3, 0.4) is 0 Å². The van der Waals surface area contributed by atoms with Gasteiger partial charge in [0.15, 0.2) is 0 Å². The molecule has 2 aliphatic rings. The molecule has 1 amide bonds. The molecule has 0 aromatic carbocycles. The highest BCUT2D eigenvalue weighted by Crippen LogP contribution is 2.31. The Labute approximate surface area is 111 Å². The molecule has 3 atom stereocenters. The van der Waals surface area contributed by atoms with Crippen LogP contribution in [0.2, 0.25) is 0 Å². The molecular weight excluding hydrogens is 252 g/mol. The number of carbonyl (C=O) groups excluding carboxylic acids is 1. The fraction of sp³-hybridized carbons (Fsp3) is 0.833. The number of hydrogen-bond donors (Lipinski definition) is 2. The maximum absolute atomic E-state index is 11.9. The minimum absolute atomic E-state index is 0.0975. The van der Waals surface area contributed by atoms with E-state index in [-0.39, 0.29) is 12.3 Å². The number of piperazine rings is 1. The van der Waals surface area contributed by atoms with Crippen molar-refractivity contribution in [3.8, 4) is 0 Å². The normalized spacial score (nSPS) is 34.1. The Morgan fingerprint density at radius 3 is 3.06 bits per heavy atom. The number of thioether (sulfide) groups is 1. The van der Waals surface area contributed by atoms with E-state index in [0.717, 1.165) is 19.4 Å². The first-order chi connectivity index (χ1) is 8.59. The molecule has 3 unspecified atom stereocenters. The molecule has 0 radical (unpaired) electrons. The van der Waals surface area contributed by atoms with Gasteiger partial charge in [0, 0.05) is 24.4 Å². The molecule has 0 bridgehead atoms. The summed E-state index contributed by atoms with van der Waals surface area (Å²) < 4.78 is 0. The molecule has 0 aromatic rings. The van der Waals surface area contributed by atoms with E-state index in [1.165, 1.54) is 5.75 Å². The maximum atomic E-state index is 11.9. The SMILES string of the molecule is CC1SCCCC1N1CCNC(=O)C1CC(=O)O. The predicted octanol–water partition coefficient (Wildman–Crippen LogP) is 0.546. The number of carbonyl (C=O) groups is 2. The summed E-state index contributed by atoms with van der Waals surface area (Å²) in [6, 6.07) is -0.165. The van der Waals surface area contributed by atoms with Crippen LogP contribution in [-0.4, -0.2) is 58.1 Å². The zero-order chi connectivity index (χ0) is 13.1. The third kappa shape index (κ3) is 2.98. The molecule has 0 spiro atoms. The summed E-state index contributed by atoms with van der Waals surface area (Å²) in [5.74, 6) is 0.131. The molecule has 0 aromatic heterocycles. The minimum atomic E-state index is -0.904. The quantitative estimate of drug-likeness (QED) is 0.785. The zero-order valence-electron chi connectivity index (χ0n) is 10.6. The summed E-state index contributed by atoms with van der Waals surface area (Å²) in [4.78, 5) is 24.9. The van der Waals surface area contributed by atoms with Crippen molar-refractivity contribution in [2.75, 3.05) is 18.8 Å². The molecule has 0 aliphatic carbocycles. The summed E-state index contributed by atoms with van der Waals surface area (Å²) in [7, 11) is 0. The molecule has 6 heteroatoms. The van der Waals surface area contributed by atoms with Gasteiger partial charge < -0.3 is 10.4 Å². The van der Waals surface area contributed by atoms with Gasteiger partial charge in [-0.15, -0.1) is 0 Å². The van der Waals surface area contributed by atoms with Crippen molar-refractivity contribution in [1.82, 2.24) is 10.2 Å². The van der Waals surface area contributed by atoms with E-state index in [9.17, 15) is 9.59 Å². The van der Waals surface area contributed by atoms with Crippen LogP contribution >= 0.6 is 11.8 Å². The monoisotopic (exact) mass is 272 g/mol. The first kappa shape index (κ1) is 13.7. The number of carboxylic acid groups (broad SMARTS) is 1. The third-order valence-corrected chi connectivity index (χ3v) is 5.10. The molecule has 2 rings (SSSR count). The lowest BCUT2D eigenvalue weighted by molar-refractivity contribution is -0.144. The molecule has 2 saturated heterocycles. The van der Waals surface area contributed by atoms with E-state index >= 15 is 0 Å². The van der Waals surface area contributed by atoms with Crippen molar-refractivity contribution in [2.45, 2.75) is 43.5 Å². The van der Waals surface area contributed by atoms with Crippen molar-refractivity contribution < 1.29 is 14.7 Å². The summed E-state index contributed by atoms with van der Waals surface area (Å²) in [5, 5.41) is 12.2. The summed E-state index contributed by atoms with van der Waals surface area (Å²) >= 11 is 1.92. The standard InChI is InChI=1S/C12H20N2O3S/c1-8-9(3-2-6-18-8)14-5-4-13-12(17)10(14)7-11(15)16/h8-10H,2-7H2,1H3,(H,13,17)(H,15,16). The lowest BCUT2D eigenvalue weighted by atomic mass is 10.00. The average molecular weight is 272 g/mol. The van der Waals surface area contributed by atoms with Crippen molar-refractivity contribution in [3.05, 3.63) is 0 Å². The van der Waals surface area contributed by atoms with Crippen LogP contribution < -0.4 is 5.32 Å². The lowest BCUT2D eigenvalue weighted by Gasteiger charge is -2.44. The van der Waals surface area contributed by atoms with Gasteiger partial charge in [-0.2, -0.15) is 11.8 Å². The highest BCUT2D eigenvalue weighted by molar-refractivity contribution is 7.99. The van der Waals surface area contributed by atoms with Crippen molar-refractivity contribution in [2.24, 2.45) is 0 Å². The second kappa shape index (κ2) is 5.93. The zero-order valence-corrected chi connectivity index (χ0v) is 11.4. The van der Waals surface area contributed by atoms with Gasteiger partial charge in [-0.05, 0) is 18.6 Å². The third-order valence-electron chi connectivity index (χ3n) is 3.73. The predicted molar refractivity (Wildman–Crippen MR) is 70.7 cm³/mol. The molecule has 102 valence electrons. The summed E-state index contributed by atoms with van der Waals surface area (Å²) in [6.07, 6.45) is 2.12. The van der Waals surface area contributed by atoms with E-state index < -0.39 is 12.0 Å². The molecule has 18 heavy (non-hydrogen) atoms. The van der Waals surface area contributed by atoms with E-state index in [2.05, 4.69) is 17.1 Å². The van der Waals surface area contributed by atoms with Crippen LogP contribution in [-0.2, 0) is 9.59 Å². The van der Waals surface area contributed by atoms with Crippen LogP contribution in [0.4, 0.5) is 0 Å². The molecule has 2 aliphatic heterocycles. The Balaban J connectivity index is 2.11. The number of nitrogens with zero attached hydrogens (tertiary/aromatic N) is 1. The Hall–Kier alpha value is -0.750. The molecule has 2 fully saturated rings. The fourth-order valence-electron chi connectivity index (χ4n) is 2.85. The summed E-state index contributed by atoms with van der Waals surface area (Å²) in [5.41, 5.74) is 0. The number of amides is 1. The molecule has 5 nitrogen and oxygen atoms in total. The van der Waals surface area contributed by atoms with E-state index in [0.29, 0.717) is 17.8 Å². The number of hydrogen-bond acceptors (Lipinski definition) is 4. The number of rotatable bonds is 3. The number of aliphatic carboxylic acids is 1. The number of carboxylic acids is 1. The number of nitrogens with one attached hydrogen (secondary N) is 1. The van der Waals surface area contributed by atoms with Gasteiger partial charge in [-0.25, -0.2) is 0 Å². The van der Waals surface area contributed by atoms with Crippen LogP contribution in [0.25, 0.3) is 0 Å². The van der Waals surface area contributed by atoms with Gasteiger partial charge in [0.1, 0.15) is 0 Å². The molecule has 2 N–H and O–H groups in total. The lowest BCUT2D eigenvalue weighted by Crippen LogP contribution is -2.61. The van der Waals surface area contributed by atoms with Crippen molar-refractivity contribution >= 4 is 23.6 Å². The van der Waals surface area contributed by atoms with Crippen LogP contribution in [0.15, 0.2) is 0 Å². The second-order valence-electron chi connectivity index (χ2n) is 4.93. The fourth-order valence-corrected chi connectivity index (χ4v) is 4.07. The summed E-state index contributed by atoms with van der Waals surface area (Å²) in [6.45, 7) is 3.57. The van der Waals surface area contributed by atoms with Gasteiger partial charge in [0.2, 0.25) is 5.91 Å². The van der Waals surface area contributed by atoms with Crippen LogP contribution in [0.5, 0.6) is 0 Å². The Kier molecular flexibility index (Phi) is 4.50. The highest BCUT2D eigenvalue weighted by Gasteiger charge is 2.38. The Morgan fingerprint density at radius 2 is 2.39 bits per heavy atom. The molecule has 2 heterocycles. The first-order valence-electron chi connectivity index (χ1n) is 6.46. The van der Waals surface area contributed by atoms with E-state index in [1.54, 1.807) is 0 Å². The Morgan fingerprint density at radius 1 is 1.61 bits per heavy atom. The van der Waals surface area contributed by atoms with E-state index in [4.69, 9.17) is 5.11 Å². The van der Waals surface area contributed by atoms with Crippen molar-refractivity contribution in [1.29, 1.82) is 0 Å². The molecule has 0 saturated carbocycles. The van der Waals surface area contributed by atoms with Crippen molar-refractivity contribution in [3.63, 3.8) is 0 Å². The van der Waals surface area contributed by atoms with Gasteiger partial charge in [-0.1, -0.05) is 6.92 Å². The second-order valence-corrected chi connectivity index (χ2v) is 6.41. The smallest absolute Gasteiger partial charge is 0.305 e. The first-order valence-corrected chi connectivity index (χ1v) is 7.51.